The van der Waals surface area contributed by atoms with Crippen LogP contribution in [0.2, 0.25) is 0 Å². The largest absolute Gasteiger partial charge is 0.391 e. The van der Waals surface area contributed by atoms with Crippen LogP contribution in [0.3, 0.4) is 0 Å². The Morgan fingerprint density at radius 1 is 0.962 bits per heavy atom. The van der Waals surface area contributed by atoms with E-state index < -0.39 is 41.3 Å². The van der Waals surface area contributed by atoms with E-state index in [9.17, 15) is 24.3 Å². The molecule has 2 aliphatic heterocycles. The van der Waals surface area contributed by atoms with Crippen LogP contribution < -0.4 is 26.2 Å². The maximum atomic E-state index is 13.9. The van der Waals surface area contributed by atoms with Gasteiger partial charge in [0, 0.05) is 70.0 Å². The van der Waals surface area contributed by atoms with Gasteiger partial charge in [-0.05, 0) is 61.2 Å². The highest BCUT2D eigenvalue weighted by molar-refractivity contribution is 7.13. The average Bonchev–Trinajstić information content (AvgIpc) is 3.77. The maximum Gasteiger partial charge on any atom is 0.251 e. The molecule has 3 aromatic rings. The summed E-state index contributed by atoms with van der Waals surface area (Å²) in [6.07, 6.45) is -0.165. The molecule has 14 heteroatoms. The lowest BCUT2D eigenvalue weighted by atomic mass is 9.85. The number of carbonyl (C=O) groups is 4. The van der Waals surface area contributed by atoms with E-state index in [-0.39, 0.29) is 25.4 Å². The van der Waals surface area contributed by atoms with Crippen molar-refractivity contribution in [1.29, 1.82) is 0 Å². The second kappa shape index (κ2) is 18.1. The van der Waals surface area contributed by atoms with Gasteiger partial charge in [-0.3, -0.25) is 24.1 Å². The molecule has 0 bridgehead atoms. The Kier molecular flexibility index (Phi) is 13.6. The number of benzene rings is 2. The van der Waals surface area contributed by atoms with Crippen LogP contribution in [-0.4, -0.2) is 128 Å². The molecule has 0 unspecified atom stereocenters. The molecule has 0 spiro atoms. The fourth-order valence-electron chi connectivity index (χ4n) is 6.77. The van der Waals surface area contributed by atoms with E-state index in [0.717, 1.165) is 66.7 Å². The van der Waals surface area contributed by atoms with Gasteiger partial charge in [0.1, 0.15) is 12.1 Å². The van der Waals surface area contributed by atoms with Crippen LogP contribution in [-0.2, 0) is 20.8 Å². The van der Waals surface area contributed by atoms with Crippen molar-refractivity contribution in [3.8, 4) is 10.4 Å². The van der Waals surface area contributed by atoms with E-state index in [0.29, 0.717) is 18.5 Å². The van der Waals surface area contributed by atoms with Gasteiger partial charge in [-0.2, -0.15) is 0 Å². The Bertz CT molecular complexity index is 1700. The van der Waals surface area contributed by atoms with E-state index in [1.54, 1.807) is 23.5 Å². The predicted octanol–water partition coefficient (Wildman–Crippen LogP) is 2.04. The van der Waals surface area contributed by atoms with Gasteiger partial charge < -0.3 is 36.2 Å². The molecule has 2 fully saturated rings. The van der Waals surface area contributed by atoms with Crippen LogP contribution in [0.1, 0.15) is 48.8 Å². The molecule has 0 saturated carbocycles. The van der Waals surface area contributed by atoms with Gasteiger partial charge in [-0.15, -0.1) is 11.3 Å². The number of β-amino-alcohol motifs (C(OH)–C–C–N with tert-alkyl or cyclic N) is 1. The van der Waals surface area contributed by atoms with Crippen molar-refractivity contribution >= 4 is 40.7 Å². The molecule has 1 aromatic heterocycles. The molecule has 4 amide bonds. The molecule has 2 aromatic carbocycles. The Morgan fingerprint density at radius 3 is 2.28 bits per heavy atom. The number of thiazole rings is 1. The average molecular weight is 747 g/mol. The smallest absolute Gasteiger partial charge is 0.251 e. The van der Waals surface area contributed by atoms with Crippen molar-refractivity contribution < 1.29 is 24.3 Å². The second-order valence-electron chi connectivity index (χ2n) is 14.9. The number of aryl methyl sites for hydroxylation is 1. The Morgan fingerprint density at radius 2 is 1.66 bits per heavy atom. The number of anilines is 1. The van der Waals surface area contributed by atoms with E-state index in [1.807, 2.05) is 76.7 Å². The summed E-state index contributed by atoms with van der Waals surface area (Å²) in [6, 6.07) is 13.6. The Hall–Kier alpha value is -4.37. The van der Waals surface area contributed by atoms with Crippen molar-refractivity contribution in [1.82, 2.24) is 36.1 Å². The van der Waals surface area contributed by atoms with Crippen LogP contribution in [0.25, 0.3) is 10.4 Å². The number of carbonyl (C=O) groups excluding carboxylic acids is 4. The molecule has 5 N–H and O–H groups in total. The van der Waals surface area contributed by atoms with E-state index >= 15 is 0 Å². The normalized spacial score (nSPS) is 18.5. The highest BCUT2D eigenvalue weighted by Gasteiger charge is 2.44. The topological polar surface area (TPSA) is 159 Å². The zero-order valence-electron chi connectivity index (χ0n) is 31.5. The fourth-order valence-corrected chi connectivity index (χ4v) is 7.58. The van der Waals surface area contributed by atoms with Gasteiger partial charge in [0.15, 0.2) is 0 Å². The summed E-state index contributed by atoms with van der Waals surface area (Å²) in [5.74, 6) is -1.73. The van der Waals surface area contributed by atoms with Crippen molar-refractivity contribution in [3.05, 3.63) is 70.9 Å². The minimum atomic E-state index is -0.994. The van der Waals surface area contributed by atoms with Crippen LogP contribution in [0, 0.1) is 12.3 Å². The van der Waals surface area contributed by atoms with Crippen molar-refractivity contribution in [3.63, 3.8) is 0 Å². The zero-order chi connectivity index (χ0) is 38.1. The lowest BCUT2D eigenvalue weighted by molar-refractivity contribution is -0.143. The third-order valence-electron chi connectivity index (χ3n) is 9.91. The summed E-state index contributed by atoms with van der Waals surface area (Å²) < 4.78 is 0. The standard InChI is InChI=1S/C39H54N8O5S/c1-26-34(53-25-43-26)28-8-6-27(7-9-28)14-15-41-37(51)32-22-31(48)24-47(32)38(52)35(39(2,3)4)44-33(49)23-42-36(50)29-10-12-30(13-11-29)46-20-18-45(19-21-46)17-16-40-5/h6-13,25,31-32,35,40,48H,14-24H2,1-5H3,(H,41,51)(H,42,50)(H,44,49)/t31-,32-,35+/m0/s1. The molecular weight excluding hydrogens is 693 g/mol. The van der Waals surface area contributed by atoms with Gasteiger partial charge in [0.2, 0.25) is 17.7 Å². The van der Waals surface area contributed by atoms with Crippen LogP contribution in [0.5, 0.6) is 0 Å². The number of amides is 4. The van der Waals surface area contributed by atoms with Gasteiger partial charge in [0.05, 0.1) is 28.7 Å². The molecule has 3 atom stereocenters. The van der Waals surface area contributed by atoms with Crippen LogP contribution >= 0.6 is 11.3 Å². The summed E-state index contributed by atoms with van der Waals surface area (Å²) in [4.78, 5) is 64.9. The number of likely N-dealkylation sites (N-methyl/N-ethyl adjacent to an activating group) is 1. The van der Waals surface area contributed by atoms with E-state index in [2.05, 4.69) is 36.1 Å². The van der Waals surface area contributed by atoms with Crippen LogP contribution in [0.15, 0.2) is 54.0 Å². The molecule has 3 heterocycles. The summed E-state index contributed by atoms with van der Waals surface area (Å²) in [6.45, 7) is 13.2. The van der Waals surface area contributed by atoms with Gasteiger partial charge in [-0.25, -0.2) is 4.98 Å². The highest BCUT2D eigenvalue weighted by Crippen LogP contribution is 2.28. The number of hydrogen-bond acceptors (Lipinski definition) is 10. The number of likely N-dealkylation sites (tertiary alicyclic amines) is 1. The summed E-state index contributed by atoms with van der Waals surface area (Å²) in [7, 11) is 1.96. The highest BCUT2D eigenvalue weighted by atomic mass is 32.1. The quantitative estimate of drug-likeness (QED) is 0.167. The summed E-state index contributed by atoms with van der Waals surface area (Å²) in [5, 5.41) is 22.1. The third kappa shape index (κ3) is 10.6. The van der Waals surface area contributed by atoms with Gasteiger partial charge >= 0.3 is 0 Å². The number of aliphatic hydroxyl groups excluding tert-OH is 1. The van der Waals surface area contributed by atoms with E-state index in [1.165, 1.54) is 4.90 Å². The molecule has 2 aliphatic rings. The fraction of sp³-hybridized carbons (Fsp3) is 0.513. The van der Waals surface area contributed by atoms with Gasteiger partial charge in [-0.1, -0.05) is 45.0 Å². The lowest BCUT2D eigenvalue weighted by Crippen LogP contribution is -2.58. The lowest BCUT2D eigenvalue weighted by Gasteiger charge is -2.36. The Labute approximate surface area is 316 Å². The van der Waals surface area contributed by atoms with Crippen molar-refractivity contribution in [2.75, 3.05) is 70.9 Å². The Balaban J connectivity index is 1.11. The minimum Gasteiger partial charge on any atom is -0.391 e. The molecule has 5 rings (SSSR count). The molecule has 0 aliphatic carbocycles. The molecular formula is C39H54N8O5S. The summed E-state index contributed by atoms with van der Waals surface area (Å²) in [5.41, 5.74) is 5.73. The van der Waals surface area contributed by atoms with Crippen molar-refractivity contribution in [2.24, 2.45) is 5.41 Å². The molecule has 0 radical (unpaired) electrons. The van der Waals surface area contributed by atoms with E-state index in [4.69, 9.17) is 0 Å². The second-order valence-corrected chi connectivity index (χ2v) is 15.8. The van der Waals surface area contributed by atoms with Gasteiger partial charge in [0.25, 0.3) is 5.91 Å². The van der Waals surface area contributed by atoms with Crippen molar-refractivity contribution in [2.45, 2.75) is 58.7 Å². The number of nitrogens with zero attached hydrogens (tertiary/aromatic N) is 4. The number of hydrogen-bond donors (Lipinski definition) is 5. The van der Waals surface area contributed by atoms with Crippen LogP contribution in [0.4, 0.5) is 5.69 Å². The molecule has 53 heavy (non-hydrogen) atoms. The summed E-state index contributed by atoms with van der Waals surface area (Å²) >= 11 is 1.60. The minimum absolute atomic E-state index is 0.0173. The first-order valence-electron chi connectivity index (χ1n) is 18.4. The number of piperazine rings is 1. The number of aromatic nitrogens is 1. The number of aliphatic hydroxyl groups is 1. The molecule has 13 nitrogen and oxygen atoms in total. The number of nitrogens with one attached hydrogen (secondary N) is 4. The SMILES string of the molecule is CNCCN1CCN(c2ccc(C(=O)NCC(=O)N[C@H](C(=O)N3C[C@@H](O)C[C@H]3C(=O)NCCc3ccc(-c4scnc4C)cc3)C(C)(C)C)cc2)CC1. The third-order valence-corrected chi connectivity index (χ3v) is 10.9. The first kappa shape index (κ1) is 39.8. The monoisotopic (exact) mass is 746 g/mol. The predicted molar refractivity (Wildman–Crippen MR) is 208 cm³/mol. The molecule has 2 saturated heterocycles. The maximum absolute atomic E-state index is 13.9. The first-order valence-corrected chi connectivity index (χ1v) is 19.3. The number of rotatable bonds is 14. The molecule has 286 valence electrons. The zero-order valence-corrected chi connectivity index (χ0v) is 32.3. The first-order chi connectivity index (χ1) is 25.3.